The van der Waals surface area contributed by atoms with Gasteiger partial charge in [0.25, 0.3) is 0 Å². The Morgan fingerprint density at radius 2 is 2.44 bits per heavy atom. The Hall–Kier alpha value is -0.980. The van der Waals surface area contributed by atoms with E-state index in [-0.39, 0.29) is 9.92 Å². The van der Waals surface area contributed by atoms with Gasteiger partial charge >= 0.3 is 5.00 Å². The zero-order chi connectivity index (χ0) is 13.0. The summed E-state index contributed by atoms with van der Waals surface area (Å²) in [5, 5.41) is 14.4. The molecule has 0 aliphatic carbocycles. The minimum atomic E-state index is -0.316. The third-order valence-electron chi connectivity index (χ3n) is 3.30. The molecule has 0 radical (unpaired) electrons. The summed E-state index contributed by atoms with van der Waals surface area (Å²) in [6.45, 7) is 6.07. The van der Waals surface area contributed by atoms with Gasteiger partial charge in [-0.1, -0.05) is 18.3 Å². The van der Waals surface area contributed by atoms with Crippen LogP contribution < -0.4 is 5.32 Å². The standard InChI is InChI=1S/C12H19N3O2S/c1-2-14(8-10-4-3-7-13-10)9-11-5-6-12(18-11)15(16)17/h5-6,10,13H,2-4,7-9H2,1H3. The van der Waals surface area contributed by atoms with Crippen molar-refractivity contribution in [3.8, 4) is 0 Å². The van der Waals surface area contributed by atoms with Crippen molar-refractivity contribution in [3.05, 3.63) is 27.1 Å². The molecule has 1 aliphatic heterocycles. The Bertz CT molecular complexity index is 402. The Morgan fingerprint density at radius 3 is 3.00 bits per heavy atom. The van der Waals surface area contributed by atoms with Gasteiger partial charge in [-0.25, -0.2) is 0 Å². The van der Waals surface area contributed by atoms with Crippen LogP contribution in [0.3, 0.4) is 0 Å². The number of nitrogens with one attached hydrogen (secondary N) is 1. The first-order valence-corrected chi connectivity index (χ1v) is 7.19. The van der Waals surface area contributed by atoms with Crippen LogP contribution in [-0.4, -0.2) is 35.5 Å². The summed E-state index contributed by atoms with van der Waals surface area (Å²) in [5.74, 6) is 0. The summed E-state index contributed by atoms with van der Waals surface area (Å²) in [4.78, 5) is 13.7. The summed E-state index contributed by atoms with van der Waals surface area (Å²) in [6.07, 6.45) is 2.49. The van der Waals surface area contributed by atoms with Crippen molar-refractivity contribution in [2.45, 2.75) is 32.4 Å². The smallest absolute Gasteiger partial charge is 0.313 e. The van der Waals surface area contributed by atoms with Crippen molar-refractivity contribution >= 4 is 16.3 Å². The summed E-state index contributed by atoms with van der Waals surface area (Å²) in [5.41, 5.74) is 0. The Labute approximate surface area is 111 Å². The molecule has 1 aromatic heterocycles. The molecule has 1 aliphatic rings. The SMILES string of the molecule is CCN(Cc1ccc([N+](=O)[O-])s1)CC1CCCN1. The number of hydrogen-bond acceptors (Lipinski definition) is 5. The fourth-order valence-electron chi connectivity index (χ4n) is 2.30. The van der Waals surface area contributed by atoms with Crippen LogP contribution in [0.2, 0.25) is 0 Å². The zero-order valence-electron chi connectivity index (χ0n) is 10.6. The molecule has 1 saturated heterocycles. The van der Waals surface area contributed by atoms with Crippen molar-refractivity contribution < 1.29 is 4.92 Å². The minimum Gasteiger partial charge on any atom is -0.313 e. The van der Waals surface area contributed by atoms with E-state index in [1.807, 2.05) is 6.07 Å². The normalized spacial score (nSPS) is 19.6. The van der Waals surface area contributed by atoms with Gasteiger partial charge in [-0.15, -0.1) is 0 Å². The molecule has 6 heteroatoms. The Morgan fingerprint density at radius 1 is 1.61 bits per heavy atom. The molecular weight excluding hydrogens is 250 g/mol. The van der Waals surface area contributed by atoms with Gasteiger partial charge in [0.2, 0.25) is 0 Å². The molecule has 1 atom stereocenters. The van der Waals surface area contributed by atoms with Crippen LogP contribution in [0, 0.1) is 10.1 Å². The van der Waals surface area contributed by atoms with Crippen LogP contribution >= 0.6 is 11.3 Å². The van der Waals surface area contributed by atoms with Crippen molar-refractivity contribution in [2.24, 2.45) is 0 Å². The van der Waals surface area contributed by atoms with E-state index in [0.29, 0.717) is 6.04 Å². The lowest BCUT2D eigenvalue weighted by molar-refractivity contribution is -0.380. The number of thiophene rings is 1. The van der Waals surface area contributed by atoms with E-state index in [9.17, 15) is 10.1 Å². The summed E-state index contributed by atoms with van der Waals surface area (Å²) in [6, 6.07) is 4.05. The highest BCUT2D eigenvalue weighted by molar-refractivity contribution is 7.15. The van der Waals surface area contributed by atoms with Gasteiger partial charge in [0, 0.05) is 30.1 Å². The average molecular weight is 269 g/mol. The lowest BCUT2D eigenvalue weighted by Gasteiger charge is -2.23. The fraction of sp³-hybridized carbons (Fsp3) is 0.667. The minimum absolute atomic E-state index is 0.236. The average Bonchev–Trinajstić information content (AvgIpc) is 2.99. The molecule has 18 heavy (non-hydrogen) atoms. The van der Waals surface area contributed by atoms with Crippen LogP contribution in [0.5, 0.6) is 0 Å². The number of hydrogen-bond donors (Lipinski definition) is 1. The maximum absolute atomic E-state index is 10.6. The third-order valence-corrected chi connectivity index (χ3v) is 4.32. The molecule has 1 N–H and O–H groups in total. The van der Waals surface area contributed by atoms with Crippen molar-refractivity contribution in [2.75, 3.05) is 19.6 Å². The third kappa shape index (κ3) is 3.51. The molecule has 1 aromatic rings. The van der Waals surface area contributed by atoms with Gasteiger partial charge in [-0.3, -0.25) is 15.0 Å². The number of nitrogens with zero attached hydrogens (tertiary/aromatic N) is 2. The zero-order valence-corrected chi connectivity index (χ0v) is 11.4. The van der Waals surface area contributed by atoms with Crippen LogP contribution in [0.25, 0.3) is 0 Å². The molecule has 0 bridgehead atoms. The van der Waals surface area contributed by atoms with Gasteiger partial charge in [-0.05, 0) is 32.0 Å². The van der Waals surface area contributed by atoms with Crippen LogP contribution in [0.15, 0.2) is 12.1 Å². The molecule has 0 amide bonds. The van der Waals surface area contributed by atoms with E-state index in [2.05, 4.69) is 17.1 Å². The Balaban J connectivity index is 1.89. The molecule has 5 nitrogen and oxygen atoms in total. The van der Waals surface area contributed by atoms with Gasteiger partial charge in [0.1, 0.15) is 0 Å². The van der Waals surface area contributed by atoms with E-state index in [4.69, 9.17) is 0 Å². The molecule has 1 fully saturated rings. The highest BCUT2D eigenvalue weighted by Gasteiger charge is 2.18. The number of likely N-dealkylation sites (N-methyl/N-ethyl adjacent to an activating group) is 1. The van der Waals surface area contributed by atoms with E-state index in [1.54, 1.807) is 6.07 Å². The molecular formula is C12H19N3O2S. The van der Waals surface area contributed by atoms with Crippen molar-refractivity contribution in [1.82, 2.24) is 10.2 Å². The molecule has 2 heterocycles. The van der Waals surface area contributed by atoms with Crippen LogP contribution in [0.4, 0.5) is 5.00 Å². The van der Waals surface area contributed by atoms with E-state index in [1.165, 1.54) is 24.2 Å². The highest BCUT2D eigenvalue weighted by Crippen LogP contribution is 2.25. The predicted molar refractivity (Wildman–Crippen MR) is 72.9 cm³/mol. The lowest BCUT2D eigenvalue weighted by Crippen LogP contribution is -2.36. The molecule has 100 valence electrons. The van der Waals surface area contributed by atoms with Gasteiger partial charge < -0.3 is 5.32 Å². The van der Waals surface area contributed by atoms with Gasteiger partial charge in [0.05, 0.1) is 4.92 Å². The molecule has 2 rings (SSSR count). The molecule has 0 spiro atoms. The second-order valence-corrected chi connectivity index (χ2v) is 5.76. The fourth-order valence-corrected chi connectivity index (χ4v) is 3.16. The molecule has 1 unspecified atom stereocenters. The highest BCUT2D eigenvalue weighted by atomic mass is 32.1. The van der Waals surface area contributed by atoms with Gasteiger partial charge in [-0.2, -0.15) is 0 Å². The number of nitro groups is 1. The van der Waals surface area contributed by atoms with Crippen LogP contribution in [-0.2, 0) is 6.54 Å². The maximum Gasteiger partial charge on any atom is 0.324 e. The monoisotopic (exact) mass is 269 g/mol. The van der Waals surface area contributed by atoms with E-state index < -0.39 is 0 Å². The second-order valence-electron chi connectivity index (χ2n) is 4.62. The molecule has 0 saturated carbocycles. The predicted octanol–water partition coefficient (Wildman–Crippen LogP) is 2.23. The quantitative estimate of drug-likeness (QED) is 0.635. The first-order chi connectivity index (χ1) is 8.69. The lowest BCUT2D eigenvalue weighted by atomic mass is 10.2. The van der Waals surface area contributed by atoms with Crippen molar-refractivity contribution in [3.63, 3.8) is 0 Å². The first kappa shape index (κ1) is 13.5. The van der Waals surface area contributed by atoms with Crippen molar-refractivity contribution in [1.29, 1.82) is 0 Å². The topological polar surface area (TPSA) is 58.4 Å². The van der Waals surface area contributed by atoms with Crippen LogP contribution in [0.1, 0.15) is 24.6 Å². The first-order valence-electron chi connectivity index (χ1n) is 6.38. The summed E-state index contributed by atoms with van der Waals surface area (Å²) in [7, 11) is 0. The Kier molecular flexibility index (Phi) is 4.68. The maximum atomic E-state index is 10.6. The van der Waals surface area contributed by atoms with Gasteiger partial charge in [0.15, 0.2) is 0 Å². The largest absolute Gasteiger partial charge is 0.324 e. The summed E-state index contributed by atoms with van der Waals surface area (Å²) >= 11 is 1.28. The second kappa shape index (κ2) is 6.26. The van der Waals surface area contributed by atoms with E-state index in [0.717, 1.165) is 31.1 Å². The number of rotatable bonds is 6. The van der Waals surface area contributed by atoms with E-state index >= 15 is 0 Å². The summed E-state index contributed by atoms with van der Waals surface area (Å²) < 4.78 is 0. The molecule has 0 aromatic carbocycles.